The van der Waals surface area contributed by atoms with Gasteiger partial charge in [-0.15, -0.1) is 0 Å². The molecule has 2 fully saturated rings. The van der Waals surface area contributed by atoms with Crippen LogP contribution >= 0.6 is 0 Å². The fourth-order valence-electron chi connectivity index (χ4n) is 6.27. The molecule has 0 saturated carbocycles. The van der Waals surface area contributed by atoms with Gasteiger partial charge in [0.05, 0.1) is 5.69 Å². The van der Waals surface area contributed by atoms with Crippen LogP contribution in [0.4, 0.5) is 27.8 Å². The number of urea groups is 1. The number of hydrogen-bond acceptors (Lipinski definition) is 9. The molecule has 5 aromatic rings. The summed E-state index contributed by atoms with van der Waals surface area (Å²) < 4.78 is 0. The first-order valence-corrected chi connectivity index (χ1v) is 17.0. The second-order valence-electron chi connectivity index (χ2n) is 12.8. The number of carbonyl (C=O) groups excluding carboxylic acids is 3. The summed E-state index contributed by atoms with van der Waals surface area (Å²) in [5, 5.41) is 8.70. The number of aryl methyl sites for hydroxylation is 1. The van der Waals surface area contributed by atoms with Gasteiger partial charge < -0.3 is 10.6 Å². The van der Waals surface area contributed by atoms with E-state index in [1.807, 2.05) is 85.8 Å². The van der Waals surface area contributed by atoms with Crippen molar-refractivity contribution in [3.05, 3.63) is 126 Å². The van der Waals surface area contributed by atoms with Gasteiger partial charge in [-0.25, -0.2) is 14.8 Å². The summed E-state index contributed by atoms with van der Waals surface area (Å²) in [6.45, 7) is 7.71. The van der Waals surface area contributed by atoms with E-state index in [2.05, 4.69) is 46.8 Å². The van der Waals surface area contributed by atoms with Crippen molar-refractivity contribution in [3.8, 4) is 11.3 Å². The molecule has 51 heavy (non-hydrogen) atoms. The van der Waals surface area contributed by atoms with Gasteiger partial charge in [0.1, 0.15) is 0 Å². The Kier molecular flexibility index (Phi) is 10.0. The third kappa shape index (κ3) is 8.43. The number of benzene rings is 3. The minimum Gasteiger partial charge on any atom is -0.324 e. The maximum Gasteiger partial charge on any atom is 0.328 e. The Morgan fingerprint density at radius 2 is 1.61 bits per heavy atom. The van der Waals surface area contributed by atoms with Crippen molar-refractivity contribution in [1.82, 2.24) is 30.1 Å². The molecule has 2 aliphatic rings. The monoisotopic (exact) mass is 681 g/mol. The van der Waals surface area contributed by atoms with Crippen LogP contribution in [0.2, 0.25) is 0 Å². The number of rotatable bonds is 10. The van der Waals surface area contributed by atoms with Crippen molar-refractivity contribution < 1.29 is 14.4 Å². The largest absolute Gasteiger partial charge is 0.328 e. The molecule has 258 valence electrons. The first-order chi connectivity index (χ1) is 24.9. The van der Waals surface area contributed by atoms with Crippen molar-refractivity contribution in [2.75, 3.05) is 48.3 Å². The van der Waals surface area contributed by atoms with Crippen molar-refractivity contribution >= 4 is 40.9 Å². The maximum absolute atomic E-state index is 13.2. The number of pyridine rings is 1. The lowest BCUT2D eigenvalue weighted by atomic mass is 10.1. The van der Waals surface area contributed by atoms with Gasteiger partial charge in [0.25, 0.3) is 5.91 Å². The lowest BCUT2D eigenvalue weighted by molar-refractivity contribution is -0.120. The van der Waals surface area contributed by atoms with Crippen LogP contribution in [0.25, 0.3) is 11.3 Å². The minimum atomic E-state index is -0.366. The average molecular weight is 682 g/mol. The number of piperazine rings is 1. The Balaban J connectivity index is 0.898. The minimum absolute atomic E-state index is 0.182. The van der Waals surface area contributed by atoms with E-state index >= 15 is 0 Å². The van der Waals surface area contributed by atoms with Crippen LogP contribution in [0.3, 0.4) is 0 Å². The van der Waals surface area contributed by atoms with Crippen molar-refractivity contribution in [1.29, 1.82) is 0 Å². The molecule has 0 bridgehead atoms. The highest BCUT2D eigenvalue weighted by atomic mass is 16.2. The van der Waals surface area contributed by atoms with E-state index in [9.17, 15) is 14.4 Å². The van der Waals surface area contributed by atoms with E-state index in [-0.39, 0.29) is 17.8 Å². The van der Waals surface area contributed by atoms with E-state index in [4.69, 9.17) is 0 Å². The Labute approximate surface area is 296 Å². The SMILES string of the molecule is Cc1ccc(NC(=O)c2ccc(CN3CCN(Cc4cccc(N5CCC(=O)NC5=O)c4)CC3)cc2)cc1Nc1nccc(-c2cccnc2)n1. The summed E-state index contributed by atoms with van der Waals surface area (Å²) in [6, 6.07) is 26.8. The number of carbonyl (C=O) groups is 3. The Hall–Kier alpha value is -5.98. The number of nitrogens with one attached hydrogen (secondary N) is 3. The van der Waals surface area contributed by atoms with E-state index < -0.39 is 0 Å². The zero-order valence-corrected chi connectivity index (χ0v) is 28.4. The maximum atomic E-state index is 13.2. The van der Waals surface area contributed by atoms with Gasteiger partial charge >= 0.3 is 6.03 Å². The lowest BCUT2D eigenvalue weighted by Crippen LogP contribution is -2.49. The van der Waals surface area contributed by atoms with Crippen LogP contribution in [0, 0.1) is 6.92 Å². The molecule has 2 aliphatic heterocycles. The third-order valence-electron chi connectivity index (χ3n) is 9.12. The highest BCUT2D eigenvalue weighted by Crippen LogP contribution is 2.25. The Morgan fingerprint density at radius 1 is 0.824 bits per heavy atom. The summed E-state index contributed by atoms with van der Waals surface area (Å²) in [5.41, 5.74) is 7.80. The van der Waals surface area contributed by atoms with E-state index in [1.165, 1.54) is 0 Å². The van der Waals surface area contributed by atoms with Gasteiger partial charge in [0, 0.05) is 99.0 Å². The van der Waals surface area contributed by atoms with Crippen LogP contribution in [0.15, 0.2) is 104 Å². The van der Waals surface area contributed by atoms with Crippen LogP contribution < -0.4 is 20.9 Å². The third-order valence-corrected chi connectivity index (χ3v) is 9.12. The number of amides is 4. The number of anilines is 4. The Bertz CT molecular complexity index is 2030. The molecule has 0 aliphatic carbocycles. The van der Waals surface area contributed by atoms with Crippen molar-refractivity contribution in [2.24, 2.45) is 0 Å². The molecular formula is C39H39N9O3. The van der Waals surface area contributed by atoms with Crippen LogP contribution in [0.5, 0.6) is 0 Å². The molecule has 12 heteroatoms. The number of nitrogens with zero attached hydrogens (tertiary/aromatic N) is 6. The summed E-state index contributed by atoms with van der Waals surface area (Å²) in [4.78, 5) is 56.6. The smallest absolute Gasteiger partial charge is 0.324 e. The molecule has 2 saturated heterocycles. The highest BCUT2D eigenvalue weighted by Gasteiger charge is 2.25. The molecule has 4 heterocycles. The van der Waals surface area contributed by atoms with Crippen LogP contribution in [-0.4, -0.2) is 75.3 Å². The number of hydrogen-bond donors (Lipinski definition) is 3. The van der Waals surface area contributed by atoms with Crippen LogP contribution in [0.1, 0.15) is 33.5 Å². The van der Waals surface area contributed by atoms with Gasteiger partial charge in [-0.1, -0.05) is 30.3 Å². The normalized spacial score (nSPS) is 15.4. The van der Waals surface area contributed by atoms with E-state index in [1.54, 1.807) is 23.5 Å². The fourth-order valence-corrected chi connectivity index (χ4v) is 6.27. The van der Waals surface area contributed by atoms with Gasteiger partial charge in [-0.2, -0.15) is 0 Å². The van der Waals surface area contributed by atoms with Crippen molar-refractivity contribution in [3.63, 3.8) is 0 Å². The molecule has 12 nitrogen and oxygen atoms in total. The zero-order chi connectivity index (χ0) is 35.2. The molecule has 2 aromatic heterocycles. The fraction of sp³-hybridized carbons (Fsp3) is 0.231. The first kappa shape index (κ1) is 33.5. The summed E-state index contributed by atoms with van der Waals surface area (Å²) in [5.74, 6) is 0.0400. The topological polar surface area (TPSA) is 136 Å². The zero-order valence-electron chi connectivity index (χ0n) is 28.4. The molecule has 7 rings (SSSR count). The van der Waals surface area contributed by atoms with Crippen molar-refractivity contribution in [2.45, 2.75) is 26.4 Å². The predicted octanol–water partition coefficient (Wildman–Crippen LogP) is 5.61. The second-order valence-corrected chi connectivity index (χ2v) is 12.8. The average Bonchev–Trinajstić information content (AvgIpc) is 3.15. The standard InChI is InChI=1S/C39H39N9O3/c1-27-7-12-32(23-35(27)44-38-41-16-13-34(43-38)31-5-3-15-40-24-31)42-37(50)30-10-8-28(9-11-30)25-46-18-20-47(21-19-46)26-29-4-2-6-33(22-29)48-17-14-36(49)45-39(48)51/h2-13,15-16,22-24H,14,17-21,25-26H2,1H3,(H,42,50)(H,41,43,44)(H,45,49,51). The summed E-state index contributed by atoms with van der Waals surface area (Å²) in [7, 11) is 0. The molecule has 0 unspecified atom stereocenters. The molecular weight excluding hydrogens is 642 g/mol. The first-order valence-electron chi connectivity index (χ1n) is 17.0. The molecule has 0 radical (unpaired) electrons. The van der Waals surface area contributed by atoms with Gasteiger partial charge in [0.2, 0.25) is 11.9 Å². The molecule has 0 atom stereocenters. The second kappa shape index (κ2) is 15.3. The predicted molar refractivity (Wildman–Crippen MR) is 197 cm³/mol. The van der Waals surface area contributed by atoms with Gasteiger partial charge in [-0.05, 0) is 78.2 Å². The molecule has 3 N–H and O–H groups in total. The van der Waals surface area contributed by atoms with E-state index in [0.29, 0.717) is 30.2 Å². The molecule has 3 aromatic carbocycles. The number of aromatic nitrogens is 3. The van der Waals surface area contributed by atoms with Crippen LogP contribution in [-0.2, 0) is 17.9 Å². The molecule has 0 spiro atoms. The summed E-state index contributed by atoms with van der Waals surface area (Å²) in [6.07, 6.45) is 5.50. The summed E-state index contributed by atoms with van der Waals surface area (Å²) >= 11 is 0. The number of imide groups is 1. The van der Waals surface area contributed by atoms with Gasteiger partial charge in [-0.3, -0.25) is 34.6 Å². The lowest BCUT2D eigenvalue weighted by Gasteiger charge is -2.35. The molecule has 4 amide bonds. The Morgan fingerprint density at radius 3 is 2.35 bits per heavy atom. The highest BCUT2D eigenvalue weighted by molar-refractivity contribution is 6.06. The van der Waals surface area contributed by atoms with Gasteiger partial charge in [0.15, 0.2) is 0 Å². The quantitative estimate of drug-likeness (QED) is 0.172. The van der Waals surface area contributed by atoms with E-state index in [0.717, 1.165) is 78.6 Å².